The van der Waals surface area contributed by atoms with Gasteiger partial charge in [-0.15, -0.1) is 0 Å². The maximum Gasteiger partial charge on any atom is 0.248 e. The maximum atomic E-state index is 13.3. The Kier molecular flexibility index (Phi) is 4.16. The van der Waals surface area contributed by atoms with Crippen LogP contribution in [0.3, 0.4) is 0 Å². The summed E-state index contributed by atoms with van der Waals surface area (Å²) in [5.74, 6) is 1.62. The van der Waals surface area contributed by atoms with Crippen LogP contribution in [0, 0.1) is 6.92 Å². The van der Waals surface area contributed by atoms with Gasteiger partial charge in [0.1, 0.15) is 11.8 Å². The highest BCUT2D eigenvalue weighted by Gasteiger charge is 2.39. The number of nitrogens with one attached hydrogen (secondary N) is 1. The molecular formula is C22H21N5O2. The van der Waals surface area contributed by atoms with Gasteiger partial charge in [-0.2, -0.15) is 4.68 Å². The molecule has 7 nitrogen and oxygen atoms in total. The number of carbonyl (C=O) groups excluding carboxylic acids is 1. The Balaban J connectivity index is 1.55. The molecule has 2 heterocycles. The zero-order chi connectivity index (χ0) is 20.0. The summed E-state index contributed by atoms with van der Waals surface area (Å²) in [4.78, 5) is 13.3. The normalized spacial score (nSPS) is 20.7. The van der Waals surface area contributed by atoms with Crippen LogP contribution in [-0.4, -0.2) is 33.1 Å². The highest BCUT2D eigenvalue weighted by molar-refractivity contribution is 6.00. The van der Waals surface area contributed by atoms with Crippen molar-refractivity contribution in [3.63, 3.8) is 0 Å². The lowest BCUT2D eigenvalue weighted by molar-refractivity contribution is -0.116. The predicted octanol–water partition coefficient (Wildman–Crippen LogP) is 3.41. The fourth-order valence-corrected chi connectivity index (χ4v) is 4.24. The Morgan fingerprint density at radius 2 is 1.76 bits per heavy atom. The third-order valence-corrected chi connectivity index (χ3v) is 5.76. The lowest BCUT2D eigenvalue weighted by Crippen LogP contribution is -2.33. The number of anilines is 1. The zero-order valence-electron chi connectivity index (χ0n) is 16.3. The van der Waals surface area contributed by atoms with Crippen LogP contribution in [0.4, 0.5) is 5.95 Å². The molecule has 0 spiro atoms. The number of carbonyl (C=O) groups is 1. The summed E-state index contributed by atoms with van der Waals surface area (Å²) in [5.41, 5.74) is 4.98. The van der Waals surface area contributed by atoms with E-state index >= 15 is 0 Å². The van der Waals surface area contributed by atoms with E-state index < -0.39 is 0 Å². The lowest BCUT2D eigenvalue weighted by atomic mass is 9.78. The summed E-state index contributed by atoms with van der Waals surface area (Å²) in [5, 5.41) is 15.4. The largest absolute Gasteiger partial charge is 0.497 e. The molecule has 2 unspecified atom stereocenters. The standard InChI is InChI=1S/C22H21N5O2/c1-13-3-5-15(6-4-13)21-20-18(23-22-24-25-26-27(21)22)11-16(12-19(20)28)14-7-9-17(29-2)10-8-14/h3-10,16,21H,11-12H2,1-2H3,(H,23,24,26). The summed E-state index contributed by atoms with van der Waals surface area (Å²) in [6.07, 6.45) is 1.20. The first kappa shape index (κ1) is 17.6. The van der Waals surface area contributed by atoms with E-state index in [-0.39, 0.29) is 17.7 Å². The molecular weight excluding hydrogens is 366 g/mol. The number of aromatic nitrogens is 4. The molecule has 2 atom stereocenters. The highest BCUT2D eigenvalue weighted by Crippen LogP contribution is 2.43. The molecule has 29 heavy (non-hydrogen) atoms. The average molecular weight is 387 g/mol. The number of hydrogen-bond acceptors (Lipinski definition) is 6. The molecule has 0 amide bonds. The first-order chi connectivity index (χ1) is 14.1. The van der Waals surface area contributed by atoms with Crippen molar-refractivity contribution < 1.29 is 9.53 Å². The second kappa shape index (κ2) is 6.84. The first-order valence-corrected chi connectivity index (χ1v) is 9.65. The predicted molar refractivity (Wildman–Crippen MR) is 108 cm³/mol. The minimum atomic E-state index is -0.304. The number of ketones is 1. The Labute approximate surface area is 168 Å². The number of ether oxygens (including phenoxy) is 1. The molecule has 0 saturated carbocycles. The number of tetrazole rings is 1. The van der Waals surface area contributed by atoms with Gasteiger partial charge in [0.25, 0.3) is 0 Å². The first-order valence-electron chi connectivity index (χ1n) is 9.65. The second-order valence-corrected chi connectivity index (χ2v) is 7.58. The Hall–Kier alpha value is -3.48. The number of benzene rings is 2. The minimum absolute atomic E-state index is 0.112. The number of hydrogen-bond donors (Lipinski definition) is 1. The third-order valence-electron chi connectivity index (χ3n) is 5.76. The summed E-state index contributed by atoms with van der Waals surface area (Å²) in [6.45, 7) is 2.05. The fourth-order valence-electron chi connectivity index (χ4n) is 4.24. The topological polar surface area (TPSA) is 81.9 Å². The van der Waals surface area contributed by atoms with Gasteiger partial charge < -0.3 is 10.1 Å². The number of nitrogens with zero attached hydrogens (tertiary/aromatic N) is 4. The molecule has 5 rings (SSSR count). The summed E-state index contributed by atoms with van der Waals surface area (Å²) in [7, 11) is 1.65. The van der Waals surface area contributed by atoms with Gasteiger partial charge in [-0.05, 0) is 52.9 Å². The Morgan fingerprint density at radius 3 is 2.48 bits per heavy atom. The average Bonchev–Trinajstić information content (AvgIpc) is 3.21. The van der Waals surface area contributed by atoms with E-state index in [0.29, 0.717) is 12.4 Å². The van der Waals surface area contributed by atoms with Crippen molar-refractivity contribution in [3.8, 4) is 5.75 Å². The maximum absolute atomic E-state index is 13.3. The quantitative estimate of drug-likeness (QED) is 0.742. The summed E-state index contributed by atoms with van der Waals surface area (Å²) >= 11 is 0. The van der Waals surface area contributed by atoms with Crippen LogP contribution < -0.4 is 10.1 Å². The monoisotopic (exact) mass is 387 g/mol. The number of allylic oxidation sites excluding steroid dienone is 2. The van der Waals surface area contributed by atoms with Gasteiger partial charge >= 0.3 is 0 Å². The van der Waals surface area contributed by atoms with E-state index in [1.54, 1.807) is 11.8 Å². The van der Waals surface area contributed by atoms with Crippen LogP contribution in [-0.2, 0) is 4.79 Å². The van der Waals surface area contributed by atoms with E-state index in [0.717, 1.165) is 34.6 Å². The molecule has 0 radical (unpaired) electrons. The van der Waals surface area contributed by atoms with E-state index in [2.05, 4.69) is 33.0 Å². The summed E-state index contributed by atoms with van der Waals surface area (Å²) < 4.78 is 6.96. The SMILES string of the molecule is COc1ccc(C2CC(=O)C3=C(C2)Nc2nnnn2C3c2ccc(C)cc2)cc1. The number of Topliss-reactive ketones (excluding diaryl/α,β-unsaturated/α-hetero) is 1. The van der Waals surface area contributed by atoms with Gasteiger partial charge in [0.05, 0.1) is 7.11 Å². The van der Waals surface area contributed by atoms with Crippen LogP contribution in [0.15, 0.2) is 59.8 Å². The van der Waals surface area contributed by atoms with Crippen molar-refractivity contribution in [1.82, 2.24) is 20.2 Å². The van der Waals surface area contributed by atoms with Gasteiger partial charge in [-0.1, -0.05) is 47.1 Å². The molecule has 0 fully saturated rings. The van der Waals surface area contributed by atoms with Crippen LogP contribution in [0.2, 0.25) is 0 Å². The molecule has 0 bridgehead atoms. The van der Waals surface area contributed by atoms with Crippen molar-refractivity contribution >= 4 is 11.7 Å². The molecule has 1 aliphatic carbocycles. The molecule has 7 heteroatoms. The van der Waals surface area contributed by atoms with Gasteiger partial charge in [0.2, 0.25) is 5.95 Å². The molecule has 2 aromatic carbocycles. The van der Waals surface area contributed by atoms with E-state index in [9.17, 15) is 4.79 Å². The van der Waals surface area contributed by atoms with Gasteiger partial charge in [0, 0.05) is 17.7 Å². The van der Waals surface area contributed by atoms with E-state index in [1.165, 1.54) is 5.56 Å². The lowest BCUT2D eigenvalue weighted by Gasteiger charge is -2.34. The van der Waals surface area contributed by atoms with Crippen molar-refractivity contribution in [3.05, 3.63) is 76.5 Å². The van der Waals surface area contributed by atoms with Gasteiger partial charge in [0.15, 0.2) is 5.78 Å². The minimum Gasteiger partial charge on any atom is -0.497 e. The van der Waals surface area contributed by atoms with Crippen LogP contribution in [0.25, 0.3) is 0 Å². The van der Waals surface area contributed by atoms with Crippen LogP contribution in [0.5, 0.6) is 5.75 Å². The molecule has 1 N–H and O–H groups in total. The smallest absolute Gasteiger partial charge is 0.248 e. The van der Waals surface area contributed by atoms with E-state index in [1.807, 2.05) is 43.3 Å². The van der Waals surface area contributed by atoms with Gasteiger partial charge in [-0.3, -0.25) is 4.79 Å². The number of methoxy groups -OCH3 is 1. The Morgan fingerprint density at radius 1 is 1.03 bits per heavy atom. The van der Waals surface area contributed by atoms with Crippen molar-refractivity contribution in [1.29, 1.82) is 0 Å². The Bertz CT molecular complexity index is 1100. The highest BCUT2D eigenvalue weighted by atomic mass is 16.5. The van der Waals surface area contributed by atoms with Crippen molar-refractivity contribution in [2.24, 2.45) is 0 Å². The van der Waals surface area contributed by atoms with Crippen LogP contribution >= 0.6 is 0 Å². The van der Waals surface area contributed by atoms with Crippen LogP contribution in [0.1, 0.15) is 41.5 Å². The molecule has 146 valence electrons. The van der Waals surface area contributed by atoms with E-state index in [4.69, 9.17) is 4.74 Å². The second-order valence-electron chi connectivity index (χ2n) is 7.58. The third kappa shape index (κ3) is 2.99. The molecule has 1 aromatic heterocycles. The molecule has 0 saturated heterocycles. The van der Waals surface area contributed by atoms with Gasteiger partial charge in [-0.25, -0.2) is 0 Å². The fraction of sp³-hybridized carbons (Fsp3) is 0.273. The van der Waals surface area contributed by atoms with Crippen molar-refractivity contribution in [2.75, 3.05) is 12.4 Å². The summed E-state index contributed by atoms with van der Waals surface area (Å²) in [6, 6.07) is 15.8. The number of aryl methyl sites for hydroxylation is 1. The number of rotatable bonds is 3. The molecule has 2 aliphatic rings. The van der Waals surface area contributed by atoms with Crippen molar-refractivity contribution in [2.45, 2.75) is 31.7 Å². The molecule has 1 aliphatic heterocycles. The number of fused-ring (bicyclic) bond motifs is 1. The molecule has 3 aromatic rings. The zero-order valence-corrected chi connectivity index (χ0v) is 16.3.